The summed E-state index contributed by atoms with van der Waals surface area (Å²) in [5, 5.41) is 11.1. The Hall–Kier alpha value is -1.62. The molecule has 0 aromatic carbocycles. The van der Waals surface area contributed by atoms with Gasteiger partial charge in [0, 0.05) is 12.7 Å². The number of nitrogens with one attached hydrogen (secondary N) is 1. The number of carbonyl (C=O) groups is 2. The van der Waals surface area contributed by atoms with E-state index in [0.29, 0.717) is 10.7 Å². The number of carboxylic acids is 1. The van der Waals surface area contributed by atoms with Gasteiger partial charge in [0.15, 0.2) is 0 Å². The van der Waals surface area contributed by atoms with Crippen LogP contribution in [0.15, 0.2) is 18.3 Å². The Labute approximate surface area is 91.1 Å². The number of carboxylic acid groups (broad SMARTS) is 1. The molecule has 6 heteroatoms. The summed E-state index contributed by atoms with van der Waals surface area (Å²) < 4.78 is 0. The first-order chi connectivity index (χ1) is 7.09. The smallest absolute Gasteiger partial charge is 0.305 e. The first kappa shape index (κ1) is 11.5. The first-order valence-electron chi connectivity index (χ1n) is 4.21. The number of halogens is 1. The lowest BCUT2D eigenvalue weighted by atomic mass is 10.2. The summed E-state index contributed by atoms with van der Waals surface area (Å²) in [7, 11) is 0. The Morgan fingerprint density at radius 3 is 2.73 bits per heavy atom. The van der Waals surface area contributed by atoms with Gasteiger partial charge < -0.3 is 10.4 Å². The standard InChI is InChI=1S/C9H9ClN2O3/c10-7-2-1-6(5-12-7)9(15)11-4-3-8(13)14/h1-2,5H,3-4H2,(H,11,15)(H,13,14). The predicted molar refractivity (Wildman–Crippen MR) is 53.8 cm³/mol. The molecule has 0 aliphatic rings. The number of aromatic nitrogens is 1. The van der Waals surface area contributed by atoms with E-state index < -0.39 is 5.97 Å². The average Bonchev–Trinajstić information content (AvgIpc) is 2.18. The molecule has 0 unspecified atom stereocenters. The molecular weight excluding hydrogens is 220 g/mol. The molecule has 0 fully saturated rings. The maximum atomic E-state index is 11.4. The van der Waals surface area contributed by atoms with Gasteiger partial charge in [-0.25, -0.2) is 4.98 Å². The van der Waals surface area contributed by atoms with Gasteiger partial charge in [0.05, 0.1) is 12.0 Å². The fraction of sp³-hybridized carbons (Fsp3) is 0.222. The summed E-state index contributed by atoms with van der Waals surface area (Å²) in [5.41, 5.74) is 0.352. The van der Waals surface area contributed by atoms with E-state index in [4.69, 9.17) is 16.7 Å². The molecule has 0 spiro atoms. The zero-order valence-corrected chi connectivity index (χ0v) is 8.49. The molecule has 0 saturated carbocycles. The SMILES string of the molecule is O=C(O)CCNC(=O)c1ccc(Cl)nc1. The van der Waals surface area contributed by atoms with Gasteiger partial charge in [-0.15, -0.1) is 0 Å². The number of amides is 1. The third-order valence-corrected chi connectivity index (χ3v) is 1.84. The molecule has 0 aliphatic heterocycles. The van der Waals surface area contributed by atoms with Gasteiger partial charge >= 0.3 is 5.97 Å². The van der Waals surface area contributed by atoms with E-state index in [1.165, 1.54) is 18.3 Å². The van der Waals surface area contributed by atoms with Crippen molar-refractivity contribution in [2.75, 3.05) is 6.54 Å². The molecule has 0 atom stereocenters. The molecule has 1 aromatic heterocycles. The summed E-state index contributed by atoms with van der Waals surface area (Å²) in [6, 6.07) is 3.01. The van der Waals surface area contributed by atoms with Crippen molar-refractivity contribution in [3.63, 3.8) is 0 Å². The number of hydrogen-bond donors (Lipinski definition) is 2. The maximum absolute atomic E-state index is 11.4. The quantitative estimate of drug-likeness (QED) is 0.752. The summed E-state index contributed by atoms with van der Waals surface area (Å²) in [5.74, 6) is -1.31. The number of hydrogen-bond acceptors (Lipinski definition) is 3. The van der Waals surface area contributed by atoms with Crippen molar-refractivity contribution in [1.29, 1.82) is 0 Å². The lowest BCUT2D eigenvalue weighted by molar-refractivity contribution is -0.136. The second kappa shape index (κ2) is 5.31. The van der Waals surface area contributed by atoms with Crippen molar-refractivity contribution in [2.24, 2.45) is 0 Å². The van der Waals surface area contributed by atoms with Gasteiger partial charge in [-0.3, -0.25) is 9.59 Å². The van der Waals surface area contributed by atoms with Crippen LogP contribution < -0.4 is 5.32 Å². The van der Waals surface area contributed by atoms with E-state index >= 15 is 0 Å². The van der Waals surface area contributed by atoms with Crippen LogP contribution in [-0.2, 0) is 4.79 Å². The monoisotopic (exact) mass is 228 g/mol. The largest absolute Gasteiger partial charge is 0.481 e. The summed E-state index contributed by atoms with van der Waals surface area (Å²) in [6.07, 6.45) is 1.23. The number of carbonyl (C=O) groups excluding carboxylic acids is 1. The van der Waals surface area contributed by atoms with Crippen molar-refractivity contribution in [3.05, 3.63) is 29.0 Å². The van der Waals surface area contributed by atoms with Gasteiger partial charge in [0.2, 0.25) is 0 Å². The Morgan fingerprint density at radius 1 is 1.47 bits per heavy atom. The number of nitrogens with zero attached hydrogens (tertiary/aromatic N) is 1. The summed E-state index contributed by atoms with van der Waals surface area (Å²) in [6.45, 7) is 0.0940. The minimum Gasteiger partial charge on any atom is -0.481 e. The lowest BCUT2D eigenvalue weighted by Gasteiger charge is -2.02. The molecule has 0 aliphatic carbocycles. The predicted octanol–water partition coefficient (Wildman–Crippen LogP) is 0.940. The van der Waals surface area contributed by atoms with Crippen LogP contribution in [0.1, 0.15) is 16.8 Å². The van der Waals surface area contributed by atoms with Gasteiger partial charge in [-0.1, -0.05) is 11.6 Å². The average molecular weight is 229 g/mol. The molecule has 0 radical (unpaired) electrons. The molecule has 1 rings (SSSR count). The highest BCUT2D eigenvalue weighted by atomic mass is 35.5. The van der Waals surface area contributed by atoms with Gasteiger partial charge in [-0.2, -0.15) is 0 Å². The lowest BCUT2D eigenvalue weighted by Crippen LogP contribution is -2.26. The van der Waals surface area contributed by atoms with E-state index in [0.717, 1.165) is 0 Å². The summed E-state index contributed by atoms with van der Waals surface area (Å²) in [4.78, 5) is 25.3. The summed E-state index contributed by atoms with van der Waals surface area (Å²) >= 11 is 5.54. The molecular formula is C9H9ClN2O3. The third-order valence-electron chi connectivity index (χ3n) is 1.61. The Bertz CT molecular complexity index is 364. The molecule has 1 heterocycles. The highest BCUT2D eigenvalue weighted by Gasteiger charge is 2.05. The maximum Gasteiger partial charge on any atom is 0.305 e. The zero-order valence-electron chi connectivity index (χ0n) is 7.74. The third kappa shape index (κ3) is 3.95. The fourth-order valence-electron chi connectivity index (χ4n) is 0.895. The molecule has 80 valence electrons. The Kier molecular flexibility index (Phi) is 4.05. The van der Waals surface area contributed by atoms with Crippen LogP contribution in [0.2, 0.25) is 5.15 Å². The molecule has 15 heavy (non-hydrogen) atoms. The zero-order chi connectivity index (χ0) is 11.3. The molecule has 1 aromatic rings. The second-order valence-corrected chi connectivity index (χ2v) is 3.16. The van der Waals surface area contributed by atoms with Crippen LogP contribution in [0.4, 0.5) is 0 Å². The topological polar surface area (TPSA) is 79.3 Å². The number of aliphatic carboxylic acids is 1. The van der Waals surface area contributed by atoms with Crippen molar-refractivity contribution >= 4 is 23.5 Å². The van der Waals surface area contributed by atoms with Crippen molar-refractivity contribution in [1.82, 2.24) is 10.3 Å². The van der Waals surface area contributed by atoms with E-state index in [1.54, 1.807) is 0 Å². The normalized spacial score (nSPS) is 9.67. The molecule has 0 saturated heterocycles. The van der Waals surface area contributed by atoms with Crippen molar-refractivity contribution < 1.29 is 14.7 Å². The van der Waals surface area contributed by atoms with Crippen LogP contribution in [0.5, 0.6) is 0 Å². The number of rotatable bonds is 4. The van der Waals surface area contributed by atoms with E-state index in [-0.39, 0.29) is 18.9 Å². The van der Waals surface area contributed by atoms with Crippen molar-refractivity contribution in [2.45, 2.75) is 6.42 Å². The van der Waals surface area contributed by atoms with Crippen LogP contribution in [0, 0.1) is 0 Å². The Balaban J connectivity index is 2.47. The second-order valence-electron chi connectivity index (χ2n) is 2.77. The first-order valence-corrected chi connectivity index (χ1v) is 4.59. The van der Waals surface area contributed by atoms with E-state index in [2.05, 4.69) is 10.3 Å². The van der Waals surface area contributed by atoms with Crippen LogP contribution in [-0.4, -0.2) is 28.5 Å². The number of pyridine rings is 1. The van der Waals surface area contributed by atoms with Crippen molar-refractivity contribution in [3.8, 4) is 0 Å². The minimum absolute atomic E-state index is 0.0940. The highest BCUT2D eigenvalue weighted by molar-refractivity contribution is 6.29. The molecule has 2 N–H and O–H groups in total. The fourth-order valence-corrected chi connectivity index (χ4v) is 1.01. The van der Waals surface area contributed by atoms with E-state index in [1.807, 2.05) is 0 Å². The van der Waals surface area contributed by atoms with Gasteiger partial charge in [-0.05, 0) is 12.1 Å². The van der Waals surface area contributed by atoms with Gasteiger partial charge in [0.1, 0.15) is 5.15 Å². The molecule has 1 amide bonds. The molecule has 0 bridgehead atoms. The van der Waals surface area contributed by atoms with E-state index in [9.17, 15) is 9.59 Å². The van der Waals surface area contributed by atoms with Crippen LogP contribution in [0.3, 0.4) is 0 Å². The highest BCUT2D eigenvalue weighted by Crippen LogP contribution is 2.04. The van der Waals surface area contributed by atoms with Gasteiger partial charge in [0.25, 0.3) is 5.91 Å². The van der Waals surface area contributed by atoms with Crippen LogP contribution in [0.25, 0.3) is 0 Å². The molecule has 5 nitrogen and oxygen atoms in total. The Morgan fingerprint density at radius 2 is 2.20 bits per heavy atom. The minimum atomic E-state index is -0.954. The van der Waals surface area contributed by atoms with Crippen LogP contribution >= 0.6 is 11.6 Å².